The van der Waals surface area contributed by atoms with Crippen LogP contribution in [0.5, 0.6) is 0 Å². The minimum Gasteiger partial charge on any atom is -0.373 e. The summed E-state index contributed by atoms with van der Waals surface area (Å²) >= 11 is 1.73. The molecule has 1 aromatic heterocycles. The molecule has 1 aliphatic heterocycles. The van der Waals surface area contributed by atoms with E-state index in [-0.39, 0.29) is 12.1 Å². The summed E-state index contributed by atoms with van der Waals surface area (Å²) in [4.78, 5) is 0. The van der Waals surface area contributed by atoms with Crippen molar-refractivity contribution >= 4 is 11.3 Å². The van der Waals surface area contributed by atoms with Gasteiger partial charge in [-0.15, -0.1) is 0 Å². The zero-order valence-electron chi connectivity index (χ0n) is 11.4. The average Bonchev–Trinajstić information content (AvgIpc) is 3.00. The number of thiophene rings is 1. The predicted molar refractivity (Wildman–Crippen MR) is 82.6 cm³/mol. The van der Waals surface area contributed by atoms with Crippen LogP contribution in [-0.2, 0) is 17.6 Å². The van der Waals surface area contributed by atoms with Crippen LogP contribution in [0.4, 0.5) is 0 Å². The fraction of sp³-hybridized carbons (Fsp3) is 0.375. The van der Waals surface area contributed by atoms with Gasteiger partial charge >= 0.3 is 0 Å². The van der Waals surface area contributed by atoms with Gasteiger partial charge < -0.3 is 4.74 Å². The van der Waals surface area contributed by atoms with E-state index in [0.717, 1.165) is 25.9 Å². The Morgan fingerprint density at radius 3 is 3.05 bits per heavy atom. The lowest BCUT2D eigenvalue weighted by Gasteiger charge is -2.29. The standard InChI is InChI=1S/C16H20N2OS/c17-18-14(9-12-6-8-20-11-12)10-16-15-4-2-1-3-13(15)5-7-19-16/h1-4,6,8,11,14,16,18H,5,7,9-10,17H2. The maximum atomic E-state index is 5.96. The first-order valence-electron chi connectivity index (χ1n) is 7.03. The van der Waals surface area contributed by atoms with Crippen molar-refractivity contribution in [2.75, 3.05) is 6.61 Å². The van der Waals surface area contributed by atoms with Gasteiger partial charge in [-0.2, -0.15) is 11.3 Å². The average molecular weight is 288 g/mol. The highest BCUT2D eigenvalue weighted by atomic mass is 32.1. The Hall–Kier alpha value is -1.20. The summed E-state index contributed by atoms with van der Waals surface area (Å²) < 4.78 is 5.96. The highest BCUT2D eigenvalue weighted by molar-refractivity contribution is 7.07. The summed E-state index contributed by atoms with van der Waals surface area (Å²) in [5.41, 5.74) is 7.01. The molecule has 3 N–H and O–H groups in total. The third-order valence-electron chi connectivity index (χ3n) is 3.89. The zero-order valence-corrected chi connectivity index (χ0v) is 12.2. The van der Waals surface area contributed by atoms with E-state index in [0.29, 0.717) is 0 Å². The van der Waals surface area contributed by atoms with Gasteiger partial charge in [-0.3, -0.25) is 11.3 Å². The SMILES string of the molecule is NNC(Cc1ccsc1)CC1OCCc2ccccc21. The molecule has 0 bridgehead atoms. The normalized spacial score (nSPS) is 19.6. The molecule has 2 unspecified atom stereocenters. The van der Waals surface area contributed by atoms with Crippen LogP contribution in [-0.4, -0.2) is 12.6 Å². The first kappa shape index (κ1) is 13.8. The Kier molecular flexibility index (Phi) is 4.47. The second-order valence-electron chi connectivity index (χ2n) is 5.24. The summed E-state index contributed by atoms with van der Waals surface area (Å²) in [6.07, 6.45) is 3.02. The number of hydrogen-bond acceptors (Lipinski definition) is 4. The second kappa shape index (κ2) is 6.50. The number of nitrogens with one attached hydrogen (secondary N) is 1. The van der Waals surface area contributed by atoms with E-state index in [1.165, 1.54) is 16.7 Å². The molecule has 3 rings (SSSR count). The molecule has 2 aromatic rings. The summed E-state index contributed by atoms with van der Waals surface area (Å²) in [5, 5.41) is 4.29. The third-order valence-corrected chi connectivity index (χ3v) is 4.62. The van der Waals surface area contributed by atoms with Gasteiger partial charge in [0.2, 0.25) is 0 Å². The molecule has 4 heteroatoms. The monoisotopic (exact) mass is 288 g/mol. The van der Waals surface area contributed by atoms with Crippen molar-refractivity contribution in [1.29, 1.82) is 0 Å². The molecule has 106 valence electrons. The Balaban J connectivity index is 1.70. The molecule has 3 nitrogen and oxygen atoms in total. The van der Waals surface area contributed by atoms with Crippen molar-refractivity contribution in [3.05, 3.63) is 57.8 Å². The van der Waals surface area contributed by atoms with Gasteiger partial charge in [0, 0.05) is 6.04 Å². The number of hydrogen-bond donors (Lipinski definition) is 2. The Labute approximate surface area is 123 Å². The summed E-state index contributed by atoms with van der Waals surface area (Å²) in [5.74, 6) is 5.72. The van der Waals surface area contributed by atoms with E-state index in [1.54, 1.807) is 11.3 Å². The van der Waals surface area contributed by atoms with Crippen molar-refractivity contribution in [3.63, 3.8) is 0 Å². The third kappa shape index (κ3) is 3.10. The van der Waals surface area contributed by atoms with Crippen LogP contribution < -0.4 is 11.3 Å². The smallest absolute Gasteiger partial charge is 0.0843 e. The molecule has 0 saturated heterocycles. The van der Waals surface area contributed by atoms with Gasteiger partial charge in [-0.05, 0) is 52.8 Å². The molecule has 0 fully saturated rings. The fourth-order valence-electron chi connectivity index (χ4n) is 2.83. The Morgan fingerprint density at radius 1 is 1.35 bits per heavy atom. The van der Waals surface area contributed by atoms with Crippen molar-refractivity contribution in [2.24, 2.45) is 5.84 Å². The van der Waals surface area contributed by atoms with Crippen molar-refractivity contribution in [1.82, 2.24) is 5.43 Å². The zero-order chi connectivity index (χ0) is 13.8. The number of nitrogens with two attached hydrogens (primary N) is 1. The van der Waals surface area contributed by atoms with Gasteiger partial charge in [0.15, 0.2) is 0 Å². The van der Waals surface area contributed by atoms with Crippen LogP contribution in [0.15, 0.2) is 41.1 Å². The minimum absolute atomic E-state index is 0.152. The van der Waals surface area contributed by atoms with Crippen molar-refractivity contribution in [3.8, 4) is 0 Å². The lowest BCUT2D eigenvalue weighted by molar-refractivity contribution is 0.0295. The number of hydrazine groups is 1. The maximum absolute atomic E-state index is 5.96. The lowest BCUT2D eigenvalue weighted by atomic mass is 9.92. The van der Waals surface area contributed by atoms with Gasteiger partial charge in [0.05, 0.1) is 12.7 Å². The molecule has 0 spiro atoms. The van der Waals surface area contributed by atoms with Gasteiger partial charge in [0.25, 0.3) is 0 Å². The van der Waals surface area contributed by atoms with Crippen molar-refractivity contribution in [2.45, 2.75) is 31.4 Å². The van der Waals surface area contributed by atoms with E-state index < -0.39 is 0 Å². The largest absolute Gasteiger partial charge is 0.373 e. The van der Waals surface area contributed by atoms with Crippen LogP contribution in [0.2, 0.25) is 0 Å². The lowest BCUT2D eigenvalue weighted by Crippen LogP contribution is -2.38. The first-order chi connectivity index (χ1) is 9.86. The van der Waals surface area contributed by atoms with Gasteiger partial charge in [-0.25, -0.2) is 0 Å². The summed E-state index contributed by atoms with van der Waals surface area (Å²) in [6, 6.07) is 11.0. The number of rotatable bonds is 5. The van der Waals surface area contributed by atoms with Crippen LogP contribution in [0, 0.1) is 0 Å². The van der Waals surface area contributed by atoms with Crippen LogP contribution >= 0.6 is 11.3 Å². The molecule has 0 saturated carbocycles. The van der Waals surface area contributed by atoms with Gasteiger partial charge in [-0.1, -0.05) is 24.3 Å². The molecule has 0 aliphatic carbocycles. The van der Waals surface area contributed by atoms with Gasteiger partial charge in [0.1, 0.15) is 0 Å². The summed E-state index contributed by atoms with van der Waals surface area (Å²) in [7, 11) is 0. The Bertz CT molecular complexity index is 541. The van der Waals surface area contributed by atoms with Crippen molar-refractivity contribution < 1.29 is 4.74 Å². The quantitative estimate of drug-likeness (QED) is 0.657. The van der Waals surface area contributed by atoms with E-state index in [2.05, 4.69) is 46.5 Å². The highest BCUT2D eigenvalue weighted by Crippen LogP contribution is 2.31. The number of benzene rings is 1. The predicted octanol–water partition coefficient (Wildman–Crippen LogP) is 2.83. The van der Waals surface area contributed by atoms with E-state index in [4.69, 9.17) is 10.6 Å². The van der Waals surface area contributed by atoms with Crippen LogP contribution in [0.25, 0.3) is 0 Å². The van der Waals surface area contributed by atoms with Crippen LogP contribution in [0.3, 0.4) is 0 Å². The topological polar surface area (TPSA) is 47.3 Å². The van der Waals surface area contributed by atoms with E-state index in [1.807, 2.05) is 0 Å². The molecule has 1 aromatic carbocycles. The molecular formula is C16H20N2OS. The molecular weight excluding hydrogens is 268 g/mol. The number of ether oxygens (including phenoxy) is 1. The molecule has 2 heterocycles. The molecule has 20 heavy (non-hydrogen) atoms. The molecule has 0 amide bonds. The van der Waals surface area contributed by atoms with E-state index >= 15 is 0 Å². The maximum Gasteiger partial charge on any atom is 0.0843 e. The molecule has 1 aliphatic rings. The van der Waals surface area contributed by atoms with Crippen LogP contribution in [0.1, 0.15) is 29.2 Å². The van der Waals surface area contributed by atoms with E-state index in [9.17, 15) is 0 Å². The highest BCUT2D eigenvalue weighted by Gasteiger charge is 2.23. The molecule has 0 radical (unpaired) electrons. The first-order valence-corrected chi connectivity index (χ1v) is 7.97. The minimum atomic E-state index is 0.152. The molecule has 2 atom stereocenters. The summed E-state index contributed by atoms with van der Waals surface area (Å²) in [6.45, 7) is 0.803. The fourth-order valence-corrected chi connectivity index (χ4v) is 3.52. The second-order valence-corrected chi connectivity index (χ2v) is 6.02. The number of fused-ring (bicyclic) bond motifs is 1. The Morgan fingerprint density at radius 2 is 2.25 bits per heavy atom.